The third kappa shape index (κ3) is 1.91. The summed E-state index contributed by atoms with van der Waals surface area (Å²) in [6.07, 6.45) is 0. The summed E-state index contributed by atoms with van der Waals surface area (Å²) < 4.78 is 12.6. The molecule has 0 spiro atoms. The largest absolute Gasteiger partial charge is 0.324 e. The van der Waals surface area contributed by atoms with Crippen molar-refractivity contribution in [2.75, 3.05) is 5.43 Å². The maximum Gasteiger partial charge on any atom is 0.123 e. The van der Waals surface area contributed by atoms with Crippen molar-refractivity contribution in [1.29, 1.82) is 0 Å². The summed E-state index contributed by atoms with van der Waals surface area (Å²) in [5.74, 6) is 4.93. The molecule has 2 nitrogen and oxygen atoms in total. The molecular weight excluding hydrogens is 211 g/mol. The maximum atomic E-state index is 12.6. The molecule has 0 radical (unpaired) electrons. The van der Waals surface area contributed by atoms with Gasteiger partial charge in [0.15, 0.2) is 0 Å². The van der Waals surface area contributed by atoms with E-state index in [2.05, 4.69) is 21.4 Å². The lowest BCUT2D eigenvalue weighted by atomic mass is 10.2. The number of nitrogens with two attached hydrogens (primary N) is 1. The van der Waals surface area contributed by atoms with Gasteiger partial charge in [-0.2, -0.15) is 0 Å². The lowest BCUT2D eigenvalue weighted by molar-refractivity contribution is 0.626. The van der Waals surface area contributed by atoms with E-state index in [0.29, 0.717) is 5.33 Å². The minimum atomic E-state index is -0.251. The summed E-state index contributed by atoms with van der Waals surface area (Å²) in [5.41, 5.74) is 4.03. The van der Waals surface area contributed by atoms with Gasteiger partial charge in [0.05, 0.1) is 5.69 Å². The van der Waals surface area contributed by atoms with Crippen molar-refractivity contribution in [2.45, 2.75) is 5.33 Å². The first-order valence-corrected chi connectivity index (χ1v) is 4.21. The van der Waals surface area contributed by atoms with Gasteiger partial charge in [0.2, 0.25) is 0 Å². The van der Waals surface area contributed by atoms with Crippen LogP contribution < -0.4 is 11.3 Å². The highest BCUT2D eigenvalue weighted by molar-refractivity contribution is 9.08. The number of nitrogen functional groups attached to an aromatic ring is 1. The van der Waals surface area contributed by atoms with E-state index in [4.69, 9.17) is 5.84 Å². The first-order valence-electron chi connectivity index (χ1n) is 3.09. The number of anilines is 1. The van der Waals surface area contributed by atoms with Crippen LogP contribution in [0.1, 0.15) is 5.56 Å². The summed E-state index contributed by atoms with van der Waals surface area (Å²) in [7, 11) is 0. The second-order valence-electron chi connectivity index (χ2n) is 2.08. The van der Waals surface area contributed by atoms with Gasteiger partial charge in [0.25, 0.3) is 0 Å². The lowest BCUT2D eigenvalue weighted by Gasteiger charge is -2.04. The number of benzene rings is 1. The number of halogens is 2. The molecule has 11 heavy (non-hydrogen) atoms. The molecule has 1 rings (SSSR count). The van der Waals surface area contributed by atoms with Crippen molar-refractivity contribution < 1.29 is 4.39 Å². The Balaban J connectivity index is 3.06. The molecule has 0 bridgehead atoms. The molecule has 0 aliphatic rings. The Morgan fingerprint density at radius 1 is 1.55 bits per heavy atom. The number of alkyl halides is 1. The first kappa shape index (κ1) is 8.49. The van der Waals surface area contributed by atoms with E-state index in [1.54, 1.807) is 6.07 Å². The van der Waals surface area contributed by atoms with E-state index in [-0.39, 0.29) is 5.82 Å². The van der Waals surface area contributed by atoms with Gasteiger partial charge in [-0.05, 0) is 23.8 Å². The van der Waals surface area contributed by atoms with E-state index < -0.39 is 0 Å². The summed E-state index contributed by atoms with van der Waals surface area (Å²) in [6.45, 7) is 0. The quantitative estimate of drug-likeness (QED) is 0.453. The zero-order valence-corrected chi connectivity index (χ0v) is 7.36. The Labute approximate surface area is 72.7 Å². The minimum absolute atomic E-state index is 0.251. The molecule has 0 unspecified atom stereocenters. The van der Waals surface area contributed by atoms with Crippen LogP contribution in [0.25, 0.3) is 0 Å². The van der Waals surface area contributed by atoms with Crippen molar-refractivity contribution in [3.63, 3.8) is 0 Å². The minimum Gasteiger partial charge on any atom is -0.324 e. The maximum absolute atomic E-state index is 12.6. The van der Waals surface area contributed by atoms with Crippen molar-refractivity contribution in [3.8, 4) is 0 Å². The van der Waals surface area contributed by atoms with Crippen LogP contribution in [0.4, 0.5) is 10.1 Å². The SMILES string of the molecule is NNc1ccc(F)cc1CBr. The Hall–Kier alpha value is -0.610. The monoisotopic (exact) mass is 218 g/mol. The Morgan fingerprint density at radius 3 is 2.82 bits per heavy atom. The van der Waals surface area contributed by atoms with Gasteiger partial charge in [-0.3, -0.25) is 5.84 Å². The third-order valence-corrected chi connectivity index (χ3v) is 1.97. The highest BCUT2D eigenvalue weighted by Crippen LogP contribution is 2.18. The van der Waals surface area contributed by atoms with Gasteiger partial charge in [-0.25, -0.2) is 4.39 Å². The van der Waals surface area contributed by atoms with Gasteiger partial charge in [-0.15, -0.1) is 0 Å². The lowest BCUT2D eigenvalue weighted by Crippen LogP contribution is -2.08. The molecule has 0 saturated heterocycles. The highest BCUT2D eigenvalue weighted by Gasteiger charge is 1.99. The normalized spacial score (nSPS) is 9.73. The van der Waals surface area contributed by atoms with E-state index in [1.807, 2.05) is 0 Å². The highest BCUT2D eigenvalue weighted by atomic mass is 79.9. The molecule has 0 aliphatic heterocycles. The average Bonchev–Trinajstić information content (AvgIpc) is 2.04. The second-order valence-corrected chi connectivity index (χ2v) is 2.64. The van der Waals surface area contributed by atoms with E-state index in [0.717, 1.165) is 11.3 Å². The van der Waals surface area contributed by atoms with Gasteiger partial charge in [0.1, 0.15) is 5.82 Å². The zero-order valence-electron chi connectivity index (χ0n) is 5.77. The molecule has 0 heterocycles. The molecule has 1 aromatic rings. The third-order valence-electron chi connectivity index (χ3n) is 1.37. The van der Waals surface area contributed by atoms with Gasteiger partial charge in [-0.1, -0.05) is 15.9 Å². The number of rotatable bonds is 2. The second kappa shape index (κ2) is 3.69. The molecule has 4 heteroatoms. The Kier molecular flexibility index (Phi) is 2.84. The molecule has 0 amide bonds. The predicted molar refractivity (Wildman–Crippen MR) is 46.8 cm³/mol. The van der Waals surface area contributed by atoms with Crippen LogP contribution in [0.2, 0.25) is 0 Å². The van der Waals surface area contributed by atoms with Crippen molar-refractivity contribution in [1.82, 2.24) is 0 Å². The standard InChI is InChI=1S/C7H8BrFN2/c8-4-5-3-6(9)1-2-7(5)11-10/h1-3,11H,4,10H2. The van der Waals surface area contributed by atoms with E-state index in [9.17, 15) is 4.39 Å². The summed E-state index contributed by atoms with van der Waals surface area (Å²) >= 11 is 3.22. The zero-order chi connectivity index (χ0) is 8.27. The van der Waals surface area contributed by atoms with Crippen LogP contribution in [0.5, 0.6) is 0 Å². The van der Waals surface area contributed by atoms with Crippen LogP contribution in [0.3, 0.4) is 0 Å². The van der Waals surface area contributed by atoms with Crippen LogP contribution in [0, 0.1) is 5.82 Å². The summed E-state index contributed by atoms with van der Waals surface area (Å²) in [6, 6.07) is 4.40. The molecular formula is C7H8BrFN2. The van der Waals surface area contributed by atoms with Crippen LogP contribution in [0.15, 0.2) is 18.2 Å². The molecule has 1 aromatic carbocycles. The predicted octanol–water partition coefficient (Wildman–Crippen LogP) is 2.01. The number of nitrogens with one attached hydrogen (secondary N) is 1. The van der Waals surface area contributed by atoms with E-state index >= 15 is 0 Å². The van der Waals surface area contributed by atoms with Gasteiger partial charge >= 0.3 is 0 Å². The van der Waals surface area contributed by atoms with Crippen molar-refractivity contribution >= 4 is 21.6 Å². The molecule has 0 aliphatic carbocycles. The molecule has 0 fully saturated rings. The fourth-order valence-electron chi connectivity index (χ4n) is 0.814. The number of hydrogen-bond donors (Lipinski definition) is 2. The number of hydrogen-bond acceptors (Lipinski definition) is 2. The summed E-state index contributed by atoms with van der Waals surface area (Å²) in [5, 5.41) is 0.588. The smallest absolute Gasteiger partial charge is 0.123 e. The fourth-order valence-corrected chi connectivity index (χ4v) is 1.28. The van der Waals surface area contributed by atoms with Crippen molar-refractivity contribution in [3.05, 3.63) is 29.6 Å². The van der Waals surface area contributed by atoms with Crippen LogP contribution >= 0.6 is 15.9 Å². The first-order chi connectivity index (χ1) is 5.27. The molecule has 0 saturated carbocycles. The van der Waals surface area contributed by atoms with E-state index in [1.165, 1.54) is 12.1 Å². The Morgan fingerprint density at radius 2 is 2.27 bits per heavy atom. The molecule has 0 aromatic heterocycles. The Bertz CT molecular complexity index is 252. The average molecular weight is 219 g/mol. The molecule has 3 N–H and O–H groups in total. The topological polar surface area (TPSA) is 38.0 Å². The fraction of sp³-hybridized carbons (Fsp3) is 0.143. The van der Waals surface area contributed by atoms with Crippen LogP contribution in [-0.4, -0.2) is 0 Å². The molecule has 0 atom stereocenters. The van der Waals surface area contributed by atoms with Crippen LogP contribution in [-0.2, 0) is 5.33 Å². The van der Waals surface area contributed by atoms with Gasteiger partial charge < -0.3 is 5.43 Å². The van der Waals surface area contributed by atoms with Gasteiger partial charge in [0, 0.05) is 5.33 Å². The number of hydrazine groups is 1. The van der Waals surface area contributed by atoms with Crippen molar-refractivity contribution in [2.24, 2.45) is 5.84 Å². The molecule has 60 valence electrons. The summed E-state index contributed by atoms with van der Waals surface area (Å²) in [4.78, 5) is 0.